The molecule has 0 heterocycles. The Morgan fingerprint density at radius 1 is 1.21 bits per heavy atom. The van der Waals surface area contributed by atoms with Crippen LogP contribution in [0.5, 0.6) is 5.75 Å². The molecule has 5 N–H and O–H groups in total. The number of benzene rings is 1. The number of ether oxygens (including phenoxy) is 1. The van der Waals surface area contributed by atoms with Crippen LogP contribution < -0.4 is 21.5 Å². The van der Waals surface area contributed by atoms with Crippen LogP contribution in [0.4, 0.5) is 13.2 Å². The number of halogens is 3. The van der Waals surface area contributed by atoms with Crippen LogP contribution >= 0.6 is 0 Å². The van der Waals surface area contributed by atoms with Gasteiger partial charge < -0.3 is 21.5 Å². The first-order valence-electron chi connectivity index (χ1n) is 7.53. The van der Waals surface area contributed by atoms with Crippen molar-refractivity contribution in [1.29, 1.82) is 0 Å². The number of nitrogens with two attached hydrogens (primary N) is 2. The molecule has 0 aliphatic carbocycles. The molecule has 0 radical (unpaired) electrons. The smallest absolute Gasteiger partial charge is 0.406 e. The molecule has 0 aliphatic heterocycles. The largest absolute Gasteiger partial charge is 0.573 e. The van der Waals surface area contributed by atoms with Crippen LogP contribution in [0.3, 0.4) is 0 Å². The number of hydrogen-bond acceptors (Lipinski definition) is 2. The Labute approximate surface area is 138 Å². The lowest BCUT2D eigenvalue weighted by Crippen LogP contribution is -2.31. The average molecular weight is 345 g/mol. The number of rotatable bonds is 7. The number of hydrogen-bond donors (Lipinski definition) is 3. The quantitative estimate of drug-likeness (QED) is 0.401. The van der Waals surface area contributed by atoms with Crippen molar-refractivity contribution in [3.63, 3.8) is 0 Å². The molecular formula is C15H22F3N5O. The van der Waals surface area contributed by atoms with Crippen LogP contribution in [-0.2, 0) is 6.42 Å². The maximum Gasteiger partial charge on any atom is 0.573 e. The number of alkyl halides is 3. The fraction of sp³-hybridized carbons (Fsp3) is 0.467. The van der Waals surface area contributed by atoms with Crippen LogP contribution in [0.15, 0.2) is 34.3 Å². The lowest BCUT2D eigenvalue weighted by Gasteiger charge is -2.10. The molecule has 1 rings (SSSR count). The van der Waals surface area contributed by atoms with Crippen LogP contribution in [0.1, 0.15) is 25.3 Å². The van der Waals surface area contributed by atoms with Gasteiger partial charge in [-0.05, 0) is 30.5 Å². The number of nitrogens with zero attached hydrogens (tertiary/aromatic N) is 2. The second kappa shape index (κ2) is 9.64. The van der Waals surface area contributed by atoms with E-state index in [-0.39, 0.29) is 11.7 Å². The van der Waals surface area contributed by atoms with E-state index in [1.807, 2.05) is 0 Å². The summed E-state index contributed by atoms with van der Waals surface area (Å²) in [5.74, 6) is 0.00778. The first-order valence-corrected chi connectivity index (χ1v) is 7.53. The predicted octanol–water partition coefficient (Wildman–Crippen LogP) is 2.15. The number of nitrogens with one attached hydrogen (secondary N) is 1. The Morgan fingerprint density at radius 3 is 2.42 bits per heavy atom. The minimum Gasteiger partial charge on any atom is -0.406 e. The Bertz CT molecular complexity index is 551. The van der Waals surface area contributed by atoms with Crippen molar-refractivity contribution in [1.82, 2.24) is 5.32 Å². The molecule has 1 aromatic rings. The summed E-state index contributed by atoms with van der Waals surface area (Å²) < 4.78 is 40.1. The summed E-state index contributed by atoms with van der Waals surface area (Å²) in [5, 5.41) is 3.00. The highest BCUT2D eigenvalue weighted by molar-refractivity contribution is 5.93. The maximum atomic E-state index is 12.1. The molecule has 0 bridgehead atoms. The van der Waals surface area contributed by atoms with E-state index in [1.54, 1.807) is 12.1 Å². The van der Waals surface area contributed by atoms with Crippen molar-refractivity contribution >= 4 is 11.9 Å². The summed E-state index contributed by atoms with van der Waals surface area (Å²) in [6.07, 6.45) is -2.19. The topological polar surface area (TPSA) is 98.0 Å². The Balaban J connectivity index is 2.52. The van der Waals surface area contributed by atoms with Gasteiger partial charge in [0.25, 0.3) is 0 Å². The van der Waals surface area contributed by atoms with Gasteiger partial charge in [0.2, 0.25) is 5.96 Å². The van der Waals surface area contributed by atoms with Crippen molar-refractivity contribution in [2.24, 2.45) is 21.5 Å². The van der Waals surface area contributed by atoms with Gasteiger partial charge >= 0.3 is 6.36 Å². The van der Waals surface area contributed by atoms with E-state index in [0.717, 1.165) is 18.4 Å². The molecule has 0 aliphatic rings. The Morgan fingerprint density at radius 2 is 1.88 bits per heavy atom. The molecule has 24 heavy (non-hydrogen) atoms. The zero-order valence-electron chi connectivity index (χ0n) is 13.4. The zero-order chi connectivity index (χ0) is 18.0. The molecule has 0 amide bonds. The summed E-state index contributed by atoms with van der Waals surface area (Å²) >= 11 is 0. The molecule has 9 heteroatoms. The van der Waals surface area contributed by atoms with E-state index >= 15 is 0 Å². The molecule has 0 unspecified atom stereocenters. The fourth-order valence-corrected chi connectivity index (χ4v) is 1.77. The van der Waals surface area contributed by atoms with Crippen molar-refractivity contribution in [3.8, 4) is 5.75 Å². The average Bonchev–Trinajstić information content (AvgIpc) is 2.47. The molecule has 1 aromatic carbocycles. The van der Waals surface area contributed by atoms with Gasteiger partial charge in [0.05, 0.1) is 0 Å². The molecular weight excluding hydrogens is 323 g/mol. The third kappa shape index (κ3) is 8.86. The predicted molar refractivity (Wildman–Crippen MR) is 87.9 cm³/mol. The standard InChI is InChI=1S/C15H22F3N5O/c1-2-3-9-21-14(23-13(19)20)22-10-8-11-4-6-12(7-5-11)24-15(16,17)18/h4-7H,2-3,8-10H2,1H3,(H5,19,20,21,22,23). The summed E-state index contributed by atoms with van der Waals surface area (Å²) in [5.41, 5.74) is 11.5. The molecule has 0 fully saturated rings. The fourth-order valence-electron chi connectivity index (χ4n) is 1.77. The van der Waals surface area contributed by atoms with Crippen LogP contribution in [-0.4, -0.2) is 31.4 Å². The van der Waals surface area contributed by atoms with Crippen molar-refractivity contribution in [2.45, 2.75) is 32.5 Å². The molecule has 6 nitrogen and oxygen atoms in total. The van der Waals surface area contributed by atoms with Crippen molar-refractivity contribution < 1.29 is 17.9 Å². The van der Waals surface area contributed by atoms with Crippen molar-refractivity contribution in [3.05, 3.63) is 29.8 Å². The number of guanidine groups is 2. The van der Waals surface area contributed by atoms with Crippen LogP contribution in [0, 0.1) is 0 Å². The van der Waals surface area contributed by atoms with Gasteiger partial charge in [-0.15, -0.1) is 13.2 Å². The van der Waals surface area contributed by atoms with E-state index in [2.05, 4.69) is 27.0 Å². The van der Waals surface area contributed by atoms with E-state index < -0.39 is 6.36 Å². The van der Waals surface area contributed by atoms with E-state index in [0.29, 0.717) is 25.5 Å². The highest BCUT2D eigenvalue weighted by atomic mass is 19.4. The number of aliphatic imine (C=N–C) groups is 2. The van der Waals surface area contributed by atoms with E-state index in [4.69, 9.17) is 11.5 Å². The first kappa shape index (κ1) is 19.6. The summed E-state index contributed by atoms with van der Waals surface area (Å²) in [6.45, 7) is 3.15. The zero-order valence-corrected chi connectivity index (χ0v) is 13.4. The third-order valence-electron chi connectivity index (χ3n) is 2.86. The monoisotopic (exact) mass is 345 g/mol. The van der Waals surface area contributed by atoms with Crippen molar-refractivity contribution in [2.75, 3.05) is 13.1 Å². The lowest BCUT2D eigenvalue weighted by atomic mass is 10.1. The maximum absolute atomic E-state index is 12.1. The minimum atomic E-state index is -4.69. The second-order valence-electron chi connectivity index (χ2n) is 4.96. The van der Waals surface area contributed by atoms with Crippen LogP contribution in [0.25, 0.3) is 0 Å². The normalized spacial score (nSPS) is 11.9. The van der Waals surface area contributed by atoms with Gasteiger partial charge in [0.1, 0.15) is 5.75 Å². The van der Waals surface area contributed by atoms with Gasteiger partial charge in [0.15, 0.2) is 5.96 Å². The molecule has 0 saturated heterocycles. The van der Waals surface area contributed by atoms with Gasteiger partial charge in [-0.1, -0.05) is 25.5 Å². The molecule has 134 valence electrons. The first-order chi connectivity index (χ1) is 11.3. The van der Waals surface area contributed by atoms with E-state index in [1.165, 1.54) is 12.1 Å². The van der Waals surface area contributed by atoms with Crippen LogP contribution in [0.2, 0.25) is 0 Å². The Kier molecular flexibility index (Phi) is 7.87. The molecule has 0 atom stereocenters. The molecule has 0 saturated carbocycles. The summed E-state index contributed by atoms with van der Waals surface area (Å²) in [7, 11) is 0. The molecule has 0 aromatic heterocycles. The number of unbranched alkanes of at least 4 members (excludes halogenated alkanes) is 1. The summed E-state index contributed by atoms with van der Waals surface area (Å²) in [4.78, 5) is 8.15. The van der Waals surface area contributed by atoms with Gasteiger partial charge in [-0.3, -0.25) is 4.99 Å². The van der Waals surface area contributed by atoms with Gasteiger partial charge in [0, 0.05) is 13.1 Å². The van der Waals surface area contributed by atoms with E-state index in [9.17, 15) is 13.2 Å². The highest BCUT2D eigenvalue weighted by Gasteiger charge is 2.30. The highest BCUT2D eigenvalue weighted by Crippen LogP contribution is 2.22. The summed E-state index contributed by atoms with van der Waals surface area (Å²) in [6, 6.07) is 5.68. The van der Waals surface area contributed by atoms with Gasteiger partial charge in [-0.25, -0.2) is 0 Å². The lowest BCUT2D eigenvalue weighted by molar-refractivity contribution is -0.274. The second-order valence-corrected chi connectivity index (χ2v) is 4.96. The SMILES string of the molecule is CCCCN=C(N=C(N)N)NCCc1ccc(OC(F)(F)F)cc1. The van der Waals surface area contributed by atoms with Gasteiger partial charge in [-0.2, -0.15) is 4.99 Å². The minimum absolute atomic E-state index is 0.0913. The molecule has 0 spiro atoms. The Hall–Kier alpha value is -2.45. The third-order valence-corrected chi connectivity index (χ3v) is 2.86.